The van der Waals surface area contributed by atoms with Crippen LogP contribution in [-0.2, 0) is 11.3 Å². The molecule has 1 unspecified atom stereocenters. The molecule has 0 spiro atoms. The highest BCUT2D eigenvalue weighted by atomic mass is 32.2. The summed E-state index contributed by atoms with van der Waals surface area (Å²) in [5.74, 6) is 3.10. The number of amides is 1. The Balaban J connectivity index is 1.46. The lowest BCUT2D eigenvalue weighted by molar-refractivity contribution is 0.0692. The lowest BCUT2D eigenvalue weighted by Crippen LogP contribution is -2.48. The molecule has 0 aliphatic carbocycles. The first kappa shape index (κ1) is 22.2. The average molecular weight is 424 g/mol. The molecule has 2 saturated heterocycles. The van der Waals surface area contributed by atoms with Crippen LogP contribution in [0.2, 0.25) is 0 Å². The number of nitrogens with zero attached hydrogens (tertiary/aromatic N) is 3. The molecule has 1 amide bonds. The van der Waals surface area contributed by atoms with E-state index in [1.807, 2.05) is 36.9 Å². The molecular formula is C21H33N3O4S. The van der Waals surface area contributed by atoms with Crippen molar-refractivity contribution in [2.75, 3.05) is 70.5 Å². The summed E-state index contributed by atoms with van der Waals surface area (Å²) in [4.78, 5) is 18.2. The van der Waals surface area contributed by atoms with Crippen LogP contribution >= 0.6 is 11.8 Å². The quantitative estimate of drug-likeness (QED) is 0.683. The fourth-order valence-corrected chi connectivity index (χ4v) is 4.62. The van der Waals surface area contributed by atoms with E-state index in [-0.39, 0.29) is 6.09 Å². The van der Waals surface area contributed by atoms with Gasteiger partial charge in [0.1, 0.15) is 18.5 Å². The number of rotatable bonds is 8. The average Bonchev–Trinajstić information content (AvgIpc) is 2.74. The molecule has 8 heteroatoms. The normalized spacial score (nSPS) is 19.7. The topological polar surface area (TPSA) is 65.5 Å². The predicted molar refractivity (Wildman–Crippen MR) is 116 cm³/mol. The molecule has 1 atom stereocenters. The number of para-hydroxylation sites is 1. The Labute approximate surface area is 177 Å². The second kappa shape index (κ2) is 11.6. The van der Waals surface area contributed by atoms with E-state index in [1.54, 1.807) is 4.90 Å². The minimum atomic E-state index is -0.487. The number of hydrogen-bond acceptors (Lipinski definition) is 7. The number of benzene rings is 1. The van der Waals surface area contributed by atoms with Gasteiger partial charge >= 0.3 is 6.09 Å². The van der Waals surface area contributed by atoms with Gasteiger partial charge in [0.25, 0.3) is 0 Å². The maximum atomic E-state index is 11.8. The van der Waals surface area contributed by atoms with E-state index in [1.165, 1.54) is 0 Å². The van der Waals surface area contributed by atoms with Crippen LogP contribution in [0.4, 0.5) is 4.79 Å². The Kier molecular flexibility index (Phi) is 8.92. The molecule has 2 fully saturated rings. The lowest BCUT2D eigenvalue weighted by atomic mass is 10.1. The van der Waals surface area contributed by atoms with E-state index in [4.69, 9.17) is 9.47 Å². The summed E-state index contributed by atoms with van der Waals surface area (Å²) >= 11 is 1.97. The summed E-state index contributed by atoms with van der Waals surface area (Å²) in [5.41, 5.74) is 1.11. The highest BCUT2D eigenvalue weighted by Crippen LogP contribution is 2.21. The molecule has 1 aromatic rings. The van der Waals surface area contributed by atoms with Crippen LogP contribution in [0.1, 0.15) is 12.5 Å². The third kappa shape index (κ3) is 7.06. The smallest absolute Gasteiger partial charge is 0.409 e. The largest absolute Gasteiger partial charge is 0.491 e. The summed E-state index contributed by atoms with van der Waals surface area (Å²) < 4.78 is 11.1. The zero-order valence-electron chi connectivity index (χ0n) is 17.3. The number of ether oxygens (including phenoxy) is 2. The molecule has 1 N–H and O–H groups in total. The predicted octanol–water partition coefficient (Wildman–Crippen LogP) is 1.75. The van der Waals surface area contributed by atoms with Crippen molar-refractivity contribution in [3.8, 4) is 5.75 Å². The Morgan fingerprint density at radius 2 is 1.83 bits per heavy atom. The second-order valence-electron chi connectivity index (χ2n) is 7.45. The minimum Gasteiger partial charge on any atom is -0.491 e. The summed E-state index contributed by atoms with van der Waals surface area (Å²) in [5, 5.41) is 10.4. The van der Waals surface area contributed by atoms with Crippen molar-refractivity contribution in [3.63, 3.8) is 0 Å². The molecule has 0 bridgehead atoms. The van der Waals surface area contributed by atoms with Gasteiger partial charge in [0.05, 0.1) is 6.61 Å². The Bertz CT molecular complexity index is 634. The van der Waals surface area contributed by atoms with E-state index in [2.05, 4.69) is 15.9 Å². The zero-order valence-corrected chi connectivity index (χ0v) is 18.1. The molecule has 2 aliphatic rings. The molecule has 0 saturated carbocycles. The third-order valence-corrected chi connectivity index (χ3v) is 6.21. The molecule has 3 rings (SSSR count). The van der Waals surface area contributed by atoms with E-state index in [0.717, 1.165) is 55.5 Å². The number of aliphatic hydroxyl groups is 1. The highest BCUT2D eigenvalue weighted by molar-refractivity contribution is 7.99. The van der Waals surface area contributed by atoms with Crippen LogP contribution in [0.15, 0.2) is 24.3 Å². The fraction of sp³-hybridized carbons (Fsp3) is 0.667. The number of carbonyl (C=O) groups excluding carboxylic acids is 1. The van der Waals surface area contributed by atoms with E-state index in [0.29, 0.717) is 32.8 Å². The third-order valence-electron chi connectivity index (χ3n) is 5.27. The molecule has 7 nitrogen and oxygen atoms in total. The Hall–Kier alpha value is -1.48. The first-order chi connectivity index (χ1) is 14.2. The van der Waals surface area contributed by atoms with Gasteiger partial charge in [0, 0.05) is 69.4 Å². The first-order valence-corrected chi connectivity index (χ1v) is 11.6. The van der Waals surface area contributed by atoms with Crippen molar-refractivity contribution in [1.82, 2.24) is 14.7 Å². The Morgan fingerprint density at radius 1 is 1.10 bits per heavy atom. The van der Waals surface area contributed by atoms with Crippen LogP contribution in [-0.4, -0.2) is 103 Å². The lowest BCUT2D eigenvalue weighted by Gasteiger charge is -2.34. The summed E-state index contributed by atoms with van der Waals surface area (Å²) in [6, 6.07) is 8.01. The molecule has 0 radical (unpaired) electrons. The molecule has 2 heterocycles. The van der Waals surface area contributed by atoms with Crippen LogP contribution in [0.25, 0.3) is 0 Å². The maximum Gasteiger partial charge on any atom is 0.409 e. The van der Waals surface area contributed by atoms with Gasteiger partial charge in [-0.25, -0.2) is 4.79 Å². The molecule has 162 valence electrons. The minimum absolute atomic E-state index is 0.225. The van der Waals surface area contributed by atoms with Crippen molar-refractivity contribution >= 4 is 17.9 Å². The van der Waals surface area contributed by atoms with Crippen molar-refractivity contribution in [2.45, 2.75) is 19.6 Å². The van der Waals surface area contributed by atoms with Crippen LogP contribution in [0, 0.1) is 0 Å². The van der Waals surface area contributed by atoms with Crippen LogP contribution in [0.5, 0.6) is 5.75 Å². The zero-order chi connectivity index (χ0) is 20.5. The number of β-amino-alcohol motifs (C(OH)–C–C–N with tert-alkyl or cyclic N) is 1. The molecule has 1 aromatic carbocycles. The van der Waals surface area contributed by atoms with Crippen molar-refractivity contribution in [1.29, 1.82) is 0 Å². The van der Waals surface area contributed by atoms with Crippen molar-refractivity contribution < 1.29 is 19.4 Å². The first-order valence-electron chi connectivity index (χ1n) is 10.5. The van der Waals surface area contributed by atoms with Gasteiger partial charge in [-0.3, -0.25) is 9.80 Å². The summed E-state index contributed by atoms with van der Waals surface area (Å²) in [6.07, 6.45) is -0.712. The highest BCUT2D eigenvalue weighted by Gasteiger charge is 2.22. The number of carbonyl (C=O) groups is 1. The number of piperazine rings is 1. The van der Waals surface area contributed by atoms with Gasteiger partial charge in [0.2, 0.25) is 0 Å². The van der Waals surface area contributed by atoms with Crippen LogP contribution in [0.3, 0.4) is 0 Å². The van der Waals surface area contributed by atoms with Gasteiger partial charge in [-0.1, -0.05) is 18.2 Å². The number of aliphatic hydroxyl groups excluding tert-OH is 1. The van der Waals surface area contributed by atoms with Crippen molar-refractivity contribution in [2.24, 2.45) is 0 Å². The van der Waals surface area contributed by atoms with E-state index < -0.39 is 6.10 Å². The number of thioether (sulfide) groups is 1. The number of hydrogen-bond donors (Lipinski definition) is 1. The van der Waals surface area contributed by atoms with Gasteiger partial charge in [-0.05, 0) is 13.0 Å². The molecule has 2 aliphatic heterocycles. The monoisotopic (exact) mass is 423 g/mol. The summed E-state index contributed by atoms with van der Waals surface area (Å²) in [6.45, 7) is 9.02. The van der Waals surface area contributed by atoms with Crippen LogP contribution < -0.4 is 4.74 Å². The maximum absolute atomic E-state index is 11.8. The van der Waals surface area contributed by atoms with Gasteiger partial charge in [-0.2, -0.15) is 11.8 Å². The molecule has 29 heavy (non-hydrogen) atoms. The van der Waals surface area contributed by atoms with Gasteiger partial charge in [-0.15, -0.1) is 0 Å². The Morgan fingerprint density at radius 3 is 2.55 bits per heavy atom. The van der Waals surface area contributed by atoms with E-state index >= 15 is 0 Å². The van der Waals surface area contributed by atoms with Crippen molar-refractivity contribution in [3.05, 3.63) is 29.8 Å². The van der Waals surface area contributed by atoms with Gasteiger partial charge < -0.3 is 19.5 Å². The van der Waals surface area contributed by atoms with Gasteiger partial charge in [0.15, 0.2) is 0 Å². The fourth-order valence-electron chi connectivity index (χ4n) is 3.64. The molecular weight excluding hydrogens is 390 g/mol. The second-order valence-corrected chi connectivity index (χ2v) is 8.67. The van der Waals surface area contributed by atoms with E-state index in [9.17, 15) is 9.90 Å². The molecule has 0 aromatic heterocycles. The summed E-state index contributed by atoms with van der Waals surface area (Å²) in [7, 11) is 0. The standard InChI is InChI=1S/C21H33N3O4S/c1-2-27-21(26)24-9-7-22(8-10-24)15-18-5-3-4-6-20(18)28-17-19(25)16-23-11-13-29-14-12-23/h3-6,19,25H,2,7-17H2,1H3. The SMILES string of the molecule is CCOC(=O)N1CCN(Cc2ccccc2OCC(O)CN2CCSCC2)CC1.